The maximum absolute atomic E-state index is 12.7. The van der Waals surface area contributed by atoms with Crippen LogP contribution >= 0.6 is 11.6 Å². The maximum Gasteiger partial charge on any atom is 0.255 e. The number of carbonyl (C=O) groups is 1. The largest absolute Gasteiger partial charge is 0.490 e. The highest BCUT2D eigenvalue weighted by Gasteiger charge is 2.30. The van der Waals surface area contributed by atoms with Gasteiger partial charge < -0.3 is 14.5 Å². The lowest BCUT2D eigenvalue weighted by molar-refractivity contribution is 0.0781. The number of rotatable bonds is 5. The molecule has 1 saturated heterocycles. The van der Waals surface area contributed by atoms with E-state index in [1.54, 1.807) is 12.1 Å². The van der Waals surface area contributed by atoms with Gasteiger partial charge in [0, 0.05) is 19.1 Å². The van der Waals surface area contributed by atoms with E-state index in [9.17, 15) is 4.79 Å². The Kier molecular flexibility index (Phi) is 5.12. The second kappa shape index (κ2) is 7.10. The van der Waals surface area contributed by atoms with Crippen molar-refractivity contribution in [2.24, 2.45) is 0 Å². The van der Waals surface area contributed by atoms with Gasteiger partial charge in [-0.15, -0.1) is 0 Å². The average molecular weight is 337 g/mol. The topological polar surface area (TPSA) is 32.8 Å². The summed E-state index contributed by atoms with van der Waals surface area (Å²) in [5, 5.41) is 0.485. The van der Waals surface area contributed by atoms with Crippen molar-refractivity contribution in [3.63, 3.8) is 0 Å². The molecule has 2 fully saturated rings. The van der Waals surface area contributed by atoms with E-state index in [0.717, 1.165) is 44.6 Å². The fourth-order valence-electron chi connectivity index (χ4n) is 3.14. The lowest BCUT2D eigenvalue weighted by atomic mass is 9.96. The van der Waals surface area contributed by atoms with Crippen LogP contribution in [-0.4, -0.2) is 54.5 Å². The number of likely N-dealkylation sites (N-methyl/N-ethyl adjacent to an activating group) is 1. The minimum atomic E-state index is 0.0252. The molecule has 2 aliphatic rings. The van der Waals surface area contributed by atoms with Crippen molar-refractivity contribution in [3.05, 3.63) is 28.8 Å². The third-order valence-electron chi connectivity index (χ3n) is 5.10. The van der Waals surface area contributed by atoms with E-state index in [1.807, 2.05) is 11.0 Å². The van der Waals surface area contributed by atoms with E-state index in [4.69, 9.17) is 16.3 Å². The molecule has 0 radical (unpaired) electrons. The predicted molar refractivity (Wildman–Crippen MR) is 92.3 cm³/mol. The minimum absolute atomic E-state index is 0.0252. The molecule has 1 aliphatic heterocycles. The van der Waals surface area contributed by atoms with E-state index in [0.29, 0.717) is 22.7 Å². The molecule has 0 N–H and O–H groups in total. The maximum atomic E-state index is 12.7. The Bertz CT molecular complexity index is 574. The van der Waals surface area contributed by atoms with Gasteiger partial charge in [0.2, 0.25) is 0 Å². The summed E-state index contributed by atoms with van der Waals surface area (Å²) in [6.45, 7) is 4.72. The molecule has 1 aromatic rings. The molecule has 126 valence electrons. The van der Waals surface area contributed by atoms with Crippen molar-refractivity contribution >= 4 is 17.5 Å². The van der Waals surface area contributed by atoms with Crippen LogP contribution in [0.4, 0.5) is 0 Å². The van der Waals surface area contributed by atoms with Crippen molar-refractivity contribution in [2.75, 3.05) is 26.7 Å². The predicted octanol–water partition coefficient (Wildman–Crippen LogP) is 3.44. The first-order valence-corrected chi connectivity index (χ1v) is 8.92. The lowest BCUT2D eigenvalue weighted by Gasteiger charge is -2.26. The van der Waals surface area contributed by atoms with Crippen molar-refractivity contribution in [1.29, 1.82) is 0 Å². The SMILES string of the molecule is CCN(C)C1CCN(C(=O)c2ccc(OC3CCC3)cc2Cl)C1. The van der Waals surface area contributed by atoms with Crippen LogP contribution in [0.5, 0.6) is 5.75 Å². The van der Waals surface area contributed by atoms with Gasteiger partial charge in [0.05, 0.1) is 16.7 Å². The normalized spacial score (nSPS) is 21.6. The Morgan fingerprint density at radius 3 is 2.78 bits per heavy atom. The van der Waals surface area contributed by atoms with Crippen LogP contribution in [-0.2, 0) is 0 Å². The average Bonchev–Trinajstić information content (AvgIpc) is 2.99. The summed E-state index contributed by atoms with van der Waals surface area (Å²) in [5.41, 5.74) is 0.576. The molecule has 1 unspecified atom stereocenters. The molecule has 1 saturated carbocycles. The molecule has 1 amide bonds. The summed E-state index contributed by atoms with van der Waals surface area (Å²) in [6.07, 6.45) is 4.79. The molecule has 0 spiro atoms. The van der Waals surface area contributed by atoms with Crippen LogP contribution in [0.25, 0.3) is 0 Å². The molecular weight excluding hydrogens is 312 g/mol. The van der Waals surface area contributed by atoms with Crippen molar-refractivity contribution in [1.82, 2.24) is 9.80 Å². The summed E-state index contributed by atoms with van der Waals surface area (Å²) in [5.74, 6) is 0.790. The Hall–Kier alpha value is -1.26. The van der Waals surface area contributed by atoms with Crippen LogP contribution in [0.15, 0.2) is 18.2 Å². The van der Waals surface area contributed by atoms with Crippen molar-refractivity contribution in [3.8, 4) is 5.75 Å². The number of hydrogen-bond donors (Lipinski definition) is 0. The van der Waals surface area contributed by atoms with E-state index in [2.05, 4.69) is 18.9 Å². The number of benzene rings is 1. The summed E-state index contributed by atoms with van der Waals surface area (Å²) in [6, 6.07) is 5.89. The van der Waals surface area contributed by atoms with Gasteiger partial charge in [0.1, 0.15) is 5.75 Å². The minimum Gasteiger partial charge on any atom is -0.490 e. The summed E-state index contributed by atoms with van der Waals surface area (Å²) >= 11 is 6.34. The number of nitrogens with zero attached hydrogens (tertiary/aromatic N) is 2. The van der Waals surface area contributed by atoms with Crippen LogP contribution in [0.3, 0.4) is 0 Å². The molecule has 1 aromatic carbocycles. The number of amides is 1. The highest BCUT2D eigenvalue weighted by atomic mass is 35.5. The van der Waals surface area contributed by atoms with E-state index in [-0.39, 0.29) is 5.91 Å². The molecular formula is C18H25ClN2O2. The summed E-state index contributed by atoms with van der Waals surface area (Å²) in [4.78, 5) is 16.9. The van der Waals surface area contributed by atoms with Crippen LogP contribution in [0.1, 0.15) is 43.0 Å². The first-order chi connectivity index (χ1) is 11.1. The zero-order chi connectivity index (χ0) is 16.4. The van der Waals surface area contributed by atoms with Gasteiger partial charge in [-0.1, -0.05) is 18.5 Å². The van der Waals surface area contributed by atoms with Crippen molar-refractivity contribution in [2.45, 2.75) is 44.8 Å². The van der Waals surface area contributed by atoms with E-state index in [1.165, 1.54) is 6.42 Å². The monoisotopic (exact) mass is 336 g/mol. The van der Waals surface area contributed by atoms with Gasteiger partial charge in [-0.2, -0.15) is 0 Å². The highest BCUT2D eigenvalue weighted by molar-refractivity contribution is 6.34. The third kappa shape index (κ3) is 3.64. The number of hydrogen-bond acceptors (Lipinski definition) is 3. The van der Waals surface area contributed by atoms with Crippen LogP contribution < -0.4 is 4.74 Å². The number of likely N-dealkylation sites (tertiary alicyclic amines) is 1. The molecule has 1 atom stereocenters. The molecule has 1 heterocycles. The Labute approximate surface area is 143 Å². The van der Waals surface area contributed by atoms with E-state index >= 15 is 0 Å². The first-order valence-electron chi connectivity index (χ1n) is 8.54. The van der Waals surface area contributed by atoms with Gasteiger partial charge in [-0.3, -0.25) is 4.79 Å². The number of halogens is 1. The summed E-state index contributed by atoms with van der Waals surface area (Å²) in [7, 11) is 2.11. The molecule has 4 nitrogen and oxygen atoms in total. The first kappa shape index (κ1) is 16.6. The van der Waals surface area contributed by atoms with Crippen molar-refractivity contribution < 1.29 is 9.53 Å². The Morgan fingerprint density at radius 2 is 2.17 bits per heavy atom. The highest BCUT2D eigenvalue weighted by Crippen LogP contribution is 2.29. The lowest BCUT2D eigenvalue weighted by Crippen LogP contribution is -2.36. The number of ether oxygens (including phenoxy) is 1. The standard InChI is InChI=1S/C18H25ClN2O2/c1-3-20(2)13-9-10-21(12-13)18(22)16-8-7-15(11-17(16)19)23-14-5-4-6-14/h7-8,11,13-14H,3-6,9-10,12H2,1-2H3. The van der Waals surface area contributed by atoms with Gasteiger partial charge in [-0.05, 0) is 57.5 Å². The molecule has 1 aliphatic carbocycles. The number of carbonyl (C=O) groups excluding carboxylic acids is 1. The molecule has 23 heavy (non-hydrogen) atoms. The summed E-state index contributed by atoms with van der Waals surface area (Å²) < 4.78 is 5.84. The smallest absolute Gasteiger partial charge is 0.255 e. The molecule has 5 heteroatoms. The Balaban J connectivity index is 1.65. The van der Waals surface area contributed by atoms with E-state index < -0.39 is 0 Å². The zero-order valence-corrected chi connectivity index (χ0v) is 14.7. The zero-order valence-electron chi connectivity index (χ0n) is 13.9. The van der Waals surface area contributed by atoms with Gasteiger partial charge in [-0.25, -0.2) is 0 Å². The fraction of sp³-hybridized carbons (Fsp3) is 0.611. The fourth-order valence-corrected chi connectivity index (χ4v) is 3.39. The second-order valence-electron chi connectivity index (χ2n) is 6.58. The molecule has 0 bridgehead atoms. The molecule has 0 aromatic heterocycles. The van der Waals surface area contributed by atoms with Crippen LogP contribution in [0, 0.1) is 0 Å². The third-order valence-corrected chi connectivity index (χ3v) is 5.41. The molecule has 3 rings (SSSR count). The van der Waals surface area contributed by atoms with Gasteiger partial charge in [0.25, 0.3) is 5.91 Å². The van der Waals surface area contributed by atoms with Gasteiger partial charge >= 0.3 is 0 Å². The van der Waals surface area contributed by atoms with Gasteiger partial charge in [0.15, 0.2) is 0 Å². The Morgan fingerprint density at radius 1 is 1.39 bits per heavy atom. The quantitative estimate of drug-likeness (QED) is 0.825. The second-order valence-corrected chi connectivity index (χ2v) is 6.99. The van der Waals surface area contributed by atoms with Crippen LogP contribution in [0.2, 0.25) is 5.02 Å².